The van der Waals surface area contributed by atoms with Crippen LogP contribution in [-0.4, -0.2) is 60.5 Å². The minimum absolute atomic E-state index is 0.000470. The lowest BCUT2D eigenvalue weighted by Crippen LogP contribution is -2.40. The van der Waals surface area contributed by atoms with Gasteiger partial charge in [-0.3, -0.25) is 14.6 Å². The maximum atomic E-state index is 14.6. The summed E-state index contributed by atoms with van der Waals surface area (Å²) in [7, 11) is 0. The second kappa shape index (κ2) is 12.5. The molecule has 2 aromatic carbocycles. The summed E-state index contributed by atoms with van der Waals surface area (Å²) >= 11 is 6.26. The number of amides is 2. The Morgan fingerprint density at radius 2 is 2.02 bits per heavy atom. The summed E-state index contributed by atoms with van der Waals surface area (Å²) < 4.78 is 40.1. The Morgan fingerprint density at radius 3 is 2.70 bits per heavy atom. The van der Waals surface area contributed by atoms with E-state index in [1.807, 2.05) is 0 Å². The van der Waals surface area contributed by atoms with Gasteiger partial charge < -0.3 is 31.4 Å². The van der Waals surface area contributed by atoms with Crippen molar-refractivity contribution in [3.05, 3.63) is 69.4 Å². The standard InChI is InChI=1S/C33H34ClF2N5O5/c1-33(32(38)44)15-46-30-22(33)12-24(41-29(30)20-6-7-23(35)27(36)26(20)34)21(16-2-3-16)14-40-31(43)17-10-18(13-39-19-4-5-19)28(37)25(11-17)45-9-8-42/h6-7,10-13,16,19,21,42H,2-5,8-9,14-15,37H2,1H3,(H2,38,44)(H,40,43)/t21-,33-/m0/s1. The molecule has 0 radical (unpaired) electrons. The molecule has 6 rings (SSSR count). The Bertz CT molecular complexity index is 1750. The number of aromatic nitrogens is 1. The first-order chi connectivity index (χ1) is 22.0. The van der Waals surface area contributed by atoms with Crippen LogP contribution in [0.25, 0.3) is 11.3 Å². The van der Waals surface area contributed by atoms with Crippen molar-refractivity contribution in [1.29, 1.82) is 0 Å². The van der Waals surface area contributed by atoms with Gasteiger partial charge in [-0.25, -0.2) is 13.8 Å². The van der Waals surface area contributed by atoms with Crippen molar-refractivity contribution in [1.82, 2.24) is 10.3 Å². The van der Waals surface area contributed by atoms with E-state index >= 15 is 0 Å². The molecule has 2 heterocycles. The van der Waals surface area contributed by atoms with Crippen molar-refractivity contribution in [2.75, 3.05) is 32.1 Å². The Balaban J connectivity index is 1.35. The number of nitrogens with one attached hydrogen (secondary N) is 1. The van der Waals surface area contributed by atoms with Crippen molar-refractivity contribution in [3.63, 3.8) is 0 Å². The second-order valence-electron chi connectivity index (χ2n) is 12.2. The van der Waals surface area contributed by atoms with Crippen molar-refractivity contribution in [2.45, 2.75) is 50.0 Å². The minimum atomic E-state index is -1.23. The van der Waals surface area contributed by atoms with E-state index in [2.05, 4.69) is 10.3 Å². The molecular formula is C33H34ClF2N5O5. The van der Waals surface area contributed by atoms with Gasteiger partial charge in [0.05, 0.1) is 23.4 Å². The molecule has 0 spiro atoms. The Morgan fingerprint density at radius 1 is 1.26 bits per heavy atom. The summed E-state index contributed by atoms with van der Waals surface area (Å²) in [6.07, 6.45) is 5.40. The first-order valence-corrected chi connectivity index (χ1v) is 15.5. The van der Waals surface area contributed by atoms with E-state index in [-0.39, 0.29) is 67.0 Å². The number of nitrogens with two attached hydrogens (primary N) is 2. The number of pyridine rings is 1. The molecule has 1 aliphatic heterocycles. The van der Waals surface area contributed by atoms with Crippen LogP contribution in [0.15, 0.2) is 35.3 Å². The molecule has 46 heavy (non-hydrogen) atoms. The van der Waals surface area contributed by atoms with Crippen LogP contribution < -0.4 is 26.3 Å². The van der Waals surface area contributed by atoms with Crippen LogP contribution in [0.3, 0.4) is 0 Å². The van der Waals surface area contributed by atoms with E-state index in [0.717, 1.165) is 31.7 Å². The molecule has 3 aliphatic rings. The SMILES string of the molecule is C[C@]1(C(N)=O)COc2c1cc([C@@H](CNC(=O)c1cc(C=NC3CC3)c(N)c(OCCO)c1)C1CC1)nc2-c1ccc(F)c(F)c1Cl. The number of fused-ring (bicyclic) bond motifs is 1. The molecule has 0 saturated heterocycles. The molecule has 1 aromatic heterocycles. The predicted molar refractivity (Wildman–Crippen MR) is 168 cm³/mol. The number of primary amides is 1. The number of benzene rings is 2. The second-order valence-corrected chi connectivity index (χ2v) is 12.6. The van der Waals surface area contributed by atoms with Gasteiger partial charge in [0.25, 0.3) is 5.91 Å². The third kappa shape index (κ3) is 6.11. The fourth-order valence-corrected chi connectivity index (χ4v) is 5.82. The molecule has 2 aliphatic carbocycles. The van der Waals surface area contributed by atoms with Gasteiger partial charge in [-0.2, -0.15) is 0 Å². The van der Waals surface area contributed by atoms with Crippen LogP contribution in [0.5, 0.6) is 11.5 Å². The number of aliphatic imine (C=N–C) groups is 1. The van der Waals surface area contributed by atoms with Crippen LogP contribution in [0, 0.1) is 17.6 Å². The molecule has 2 amide bonds. The van der Waals surface area contributed by atoms with Gasteiger partial charge >= 0.3 is 0 Å². The summed E-state index contributed by atoms with van der Waals surface area (Å²) in [5, 5.41) is 11.8. The van der Waals surface area contributed by atoms with Crippen LogP contribution >= 0.6 is 11.6 Å². The maximum Gasteiger partial charge on any atom is 0.251 e. The number of ether oxygens (including phenoxy) is 2. The van der Waals surface area contributed by atoms with Gasteiger partial charge in [0.2, 0.25) is 5.91 Å². The van der Waals surface area contributed by atoms with Gasteiger partial charge in [0, 0.05) is 46.6 Å². The van der Waals surface area contributed by atoms with Gasteiger partial charge in [0.15, 0.2) is 11.6 Å². The molecule has 10 nitrogen and oxygen atoms in total. The number of aliphatic hydroxyl groups excluding tert-OH is 1. The summed E-state index contributed by atoms with van der Waals surface area (Å²) in [6, 6.07) is 7.41. The Hall–Kier alpha value is -4.29. The molecule has 0 bridgehead atoms. The lowest BCUT2D eigenvalue weighted by Gasteiger charge is -2.22. The van der Waals surface area contributed by atoms with Crippen LogP contribution in [0.1, 0.15) is 65.7 Å². The van der Waals surface area contributed by atoms with Gasteiger partial charge in [-0.15, -0.1) is 0 Å². The van der Waals surface area contributed by atoms with Gasteiger partial charge in [0.1, 0.15) is 35.8 Å². The molecule has 242 valence electrons. The quantitative estimate of drug-likeness (QED) is 0.129. The highest BCUT2D eigenvalue weighted by molar-refractivity contribution is 6.33. The number of carbonyl (C=O) groups is 2. The molecule has 0 unspecified atom stereocenters. The molecule has 6 N–H and O–H groups in total. The number of aliphatic hydroxyl groups is 1. The van der Waals surface area contributed by atoms with Crippen molar-refractivity contribution in [2.24, 2.45) is 16.6 Å². The first kappa shape index (κ1) is 31.7. The summed E-state index contributed by atoms with van der Waals surface area (Å²) in [5.74, 6) is -3.01. The van der Waals surface area contributed by atoms with Crippen molar-refractivity contribution >= 4 is 35.3 Å². The maximum absolute atomic E-state index is 14.6. The number of halogens is 3. The zero-order valence-corrected chi connectivity index (χ0v) is 25.9. The number of carbonyl (C=O) groups excluding carboxylic acids is 2. The number of hydrogen-bond acceptors (Lipinski definition) is 8. The molecule has 2 atom stereocenters. The molecule has 13 heteroatoms. The normalized spacial score (nSPS) is 19.5. The number of hydrogen-bond donors (Lipinski definition) is 4. The lowest BCUT2D eigenvalue weighted by atomic mass is 9.82. The molecule has 3 aromatic rings. The van der Waals surface area contributed by atoms with Crippen LogP contribution in [-0.2, 0) is 10.2 Å². The number of nitrogen functional groups attached to an aromatic ring is 1. The number of rotatable bonds is 12. The third-order valence-corrected chi connectivity index (χ3v) is 9.11. The van der Waals surface area contributed by atoms with Crippen molar-refractivity contribution in [3.8, 4) is 22.8 Å². The lowest BCUT2D eigenvalue weighted by molar-refractivity contribution is -0.123. The van der Waals surface area contributed by atoms with Crippen LogP contribution in [0.2, 0.25) is 5.02 Å². The van der Waals surface area contributed by atoms with Crippen LogP contribution in [0.4, 0.5) is 14.5 Å². The average Bonchev–Trinajstić information content (AvgIpc) is 3.98. The van der Waals surface area contributed by atoms with Gasteiger partial charge in [-0.05, 0) is 68.9 Å². The summed E-state index contributed by atoms with van der Waals surface area (Å²) in [5.41, 5.74) is 13.3. The van der Waals surface area contributed by atoms with E-state index < -0.39 is 33.9 Å². The zero-order valence-electron chi connectivity index (χ0n) is 25.1. The highest BCUT2D eigenvalue weighted by Gasteiger charge is 2.45. The minimum Gasteiger partial charge on any atom is -0.489 e. The smallest absolute Gasteiger partial charge is 0.251 e. The average molecular weight is 654 g/mol. The fraction of sp³-hybridized carbons (Fsp3) is 0.394. The van der Waals surface area contributed by atoms with Gasteiger partial charge in [-0.1, -0.05) is 11.6 Å². The Labute approximate surface area is 269 Å². The topological polar surface area (TPSA) is 162 Å². The fourth-order valence-electron chi connectivity index (χ4n) is 5.57. The number of anilines is 1. The highest BCUT2D eigenvalue weighted by atomic mass is 35.5. The predicted octanol–water partition coefficient (Wildman–Crippen LogP) is 4.27. The zero-order chi connectivity index (χ0) is 32.7. The molecular weight excluding hydrogens is 620 g/mol. The Kier molecular flexibility index (Phi) is 8.60. The highest BCUT2D eigenvalue weighted by Crippen LogP contribution is 2.49. The molecule has 2 fully saturated rings. The summed E-state index contributed by atoms with van der Waals surface area (Å²) in [4.78, 5) is 35.5. The van der Waals surface area contributed by atoms with E-state index in [1.165, 1.54) is 12.1 Å². The van der Waals surface area contributed by atoms with E-state index in [1.54, 1.807) is 25.3 Å². The van der Waals surface area contributed by atoms with E-state index in [9.17, 15) is 23.5 Å². The van der Waals surface area contributed by atoms with Crippen molar-refractivity contribution < 1.29 is 33.0 Å². The van der Waals surface area contributed by atoms with E-state index in [4.69, 9.17) is 37.5 Å². The van der Waals surface area contributed by atoms with E-state index in [0.29, 0.717) is 28.1 Å². The number of nitrogens with zero attached hydrogens (tertiary/aromatic N) is 2. The summed E-state index contributed by atoms with van der Waals surface area (Å²) in [6.45, 7) is 1.54. The molecule has 2 saturated carbocycles. The first-order valence-electron chi connectivity index (χ1n) is 15.1. The monoisotopic (exact) mass is 653 g/mol. The third-order valence-electron chi connectivity index (χ3n) is 8.74. The largest absolute Gasteiger partial charge is 0.489 e.